The van der Waals surface area contributed by atoms with E-state index in [1.54, 1.807) is 0 Å². The second-order valence-corrected chi connectivity index (χ2v) is 3.72. The van der Waals surface area contributed by atoms with E-state index in [2.05, 4.69) is 23.9 Å². The van der Waals surface area contributed by atoms with Crippen molar-refractivity contribution in [2.75, 3.05) is 33.0 Å². The number of rotatable bonds is 10. The number of hydrogen-bond acceptors (Lipinski definition) is 3. The van der Waals surface area contributed by atoms with Crippen molar-refractivity contribution in [3.63, 3.8) is 0 Å². The first-order chi connectivity index (χ1) is 7.27. The van der Waals surface area contributed by atoms with Crippen molar-refractivity contribution in [3.05, 3.63) is 10.4 Å². The van der Waals surface area contributed by atoms with Crippen LogP contribution < -0.4 is 0 Å². The van der Waals surface area contributed by atoms with E-state index in [4.69, 9.17) is 15.0 Å². The van der Waals surface area contributed by atoms with Gasteiger partial charge in [0.05, 0.1) is 19.8 Å². The fourth-order valence-electron chi connectivity index (χ4n) is 1.07. The van der Waals surface area contributed by atoms with Gasteiger partial charge < -0.3 is 9.47 Å². The molecule has 5 nitrogen and oxygen atoms in total. The second-order valence-electron chi connectivity index (χ2n) is 3.72. The Morgan fingerprint density at radius 2 is 1.80 bits per heavy atom. The van der Waals surface area contributed by atoms with Gasteiger partial charge in [0.25, 0.3) is 0 Å². The smallest absolute Gasteiger partial charge is 0.0700 e. The zero-order chi connectivity index (χ0) is 11.4. The Bertz CT molecular complexity index is 180. The Hall–Kier alpha value is -0.770. The highest BCUT2D eigenvalue weighted by Gasteiger charge is 1.94. The molecule has 15 heavy (non-hydrogen) atoms. The average molecular weight is 215 g/mol. The van der Waals surface area contributed by atoms with Crippen LogP contribution in [0.5, 0.6) is 0 Å². The van der Waals surface area contributed by atoms with Crippen LogP contribution in [0.25, 0.3) is 10.4 Å². The summed E-state index contributed by atoms with van der Waals surface area (Å²) in [7, 11) is 0. The monoisotopic (exact) mass is 215 g/mol. The Morgan fingerprint density at radius 1 is 1.13 bits per heavy atom. The van der Waals surface area contributed by atoms with Crippen LogP contribution in [0, 0.1) is 5.92 Å². The molecule has 0 saturated heterocycles. The van der Waals surface area contributed by atoms with Crippen LogP contribution in [-0.2, 0) is 9.47 Å². The molecule has 88 valence electrons. The molecule has 0 N–H and O–H groups in total. The van der Waals surface area contributed by atoms with Crippen LogP contribution in [-0.4, -0.2) is 33.0 Å². The van der Waals surface area contributed by atoms with E-state index < -0.39 is 0 Å². The molecule has 0 bridgehead atoms. The maximum absolute atomic E-state index is 7.99. The molecular formula is C10H21N3O2. The van der Waals surface area contributed by atoms with Gasteiger partial charge in [0, 0.05) is 18.1 Å². The lowest BCUT2D eigenvalue weighted by Gasteiger charge is -2.06. The summed E-state index contributed by atoms with van der Waals surface area (Å²) in [5.41, 5.74) is 7.99. The van der Waals surface area contributed by atoms with Gasteiger partial charge in [0.1, 0.15) is 0 Å². The Labute approximate surface area is 91.4 Å². The average Bonchev–Trinajstić information content (AvgIpc) is 2.20. The van der Waals surface area contributed by atoms with E-state index in [0.717, 1.165) is 18.9 Å². The van der Waals surface area contributed by atoms with Crippen molar-refractivity contribution in [1.82, 2.24) is 0 Å². The van der Waals surface area contributed by atoms with Crippen molar-refractivity contribution in [3.8, 4) is 0 Å². The lowest BCUT2D eigenvalue weighted by atomic mass is 10.1. The maximum Gasteiger partial charge on any atom is 0.0700 e. The summed E-state index contributed by atoms with van der Waals surface area (Å²) in [5, 5.41) is 3.35. The molecule has 0 aliphatic rings. The van der Waals surface area contributed by atoms with Crippen molar-refractivity contribution < 1.29 is 9.47 Å². The van der Waals surface area contributed by atoms with Crippen LogP contribution in [0.2, 0.25) is 0 Å². The zero-order valence-corrected chi connectivity index (χ0v) is 9.69. The third-order valence-electron chi connectivity index (χ3n) is 1.84. The van der Waals surface area contributed by atoms with Crippen LogP contribution in [0.1, 0.15) is 26.7 Å². The van der Waals surface area contributed by atoms with Gasteiger partial charge in [0.15, 0.2) is 0 Å². The second kappa shape index (κ2) is 11.3. The highest BCUT2D eigenvalue weighted by Crippen LogP contribution is 2.02. The quantitative estimate of drug-likeness (QED) is 0.243. The minimum atomic E-state index is 0.393. The number of azide groups is 1. The van der Waals surface area contributed by atoms with Gasteiger partial charge in [-0.2, -0.15) is 0 Å². The van der Waals surface area contributed by atoms with E-state index in [9.17, 15) is 0 Å². The molecule has 0 heterocycles. The van der Waals surface area contributed by atoms with Crippen molar-refractivity contribution >= 4 is 0 Å². The van der Waals surface area contributed by atoms with Gasteiger partial charge in [0.2, 0.25) is 0 Å². The van der Waals surface area contributed by atoms with E-state index in [-0.39, 0.29) is 0 Å². The van der Waals surface area contributed by atoms with Crippen LogP contribution in [0.15, 0.2) is 5.11 Å². The fraction of sp³-hybridized carbons (Fsp3) is 1.00. The predicted molar refractivity (Wildman–Crippen MR) is 59.7 cm³/mol. The SMILES string of the molecule is CC(C)CCCOCCOCCN=[N+]=[N-]. The summed E-state index contributed by atoms with van der Waals surface area (Å²) in [6.07, 6.45) is 2.31. The molecule has 0 fully saturated rings. The first-order valence-corrected chi connectivity index (χ1v) is 5.43. The minimum Gasteiger partial charge on any atom is -0.379 e. The van der Waals surface area contributed by atoms with Gasteiger partial charge in [-0.1, -0.05) is 19.0 Å². The standard InChI is InChI=1S/C10H21N3O2/c1-10(2)4-3-6-14-8-9-15-7-5-12-13-11/h10H,3-9H2,1-2H3. The summed E-state index contributed by atoms with van der Waals surface area (Å²) in [6.45, 7) is 7.27. The maximum atomic E-state index is 7.99. The highest BCUT2D eigenvalue weighted by atomic mass is 16.5. The van der Waals surface area contributed by atoms with E-state index in [1.165, 1.54) is 6.42 Å². The topological polar surface area (TPSA) is 67.2 Å². The molecule has 0 amide bonds. The minimum absolute atomic E-state index is 0.393. The largest absolute Gasteiger partial charge is 0.379 e. The first kappa shape index (κ1) is 14.2. The van der Waals surface area contributed by atoms with E-state index in [0.29, 0.717) is 26.4 Å². The van der Waals surface area contributed by atoms with Crippen LogP contribution in [0.4, 0.5) is 0 Å². The van der Waals surface area contributed by atoms with Gasteiger partial charge in [-0.3, -0.25) is 0 Å². The summed E-state index contributed by atoms with van der Waals surface area (Å²) < 4.78 is 10.5. The molecule has 0 saturated carbocycles. The molecule has 0 aromatic rings. The Kier molecular flexibility index (Phi) is 10.7. The number of hydrogen-bond donors (Lipinski definition) is 0. The highest BCUT2D eigenvalue weighted by molar-refractivity contribution is 4.45. The first-order valence-electron chi connectivity index (χ1n) is 5.43. The zero-order valence-electron chi connectivity index (χ0n) is 9.69. The summed E-state index contributed by atoms with van der Waals surface area (Å²) >= 11 is 0. The van der Waals surface area contributed by atoms with Crippen molar-refractivity contribution in [2.45, 2.75) is 26.7 Å². The van der Waals surface area contributed by atoms with E-state index in [1.807, 2.05) is 0 Å². The molecule has 0 aromatic carbocycles. The Balaban J connectivity index is 2.95. The molecule has 5 heteroatoms. The molecular weight excluding hydrogens is 194 g/mol. The molecule has 0 aliphatic heterocycles. The number of nitrogens with zero attached hydrogens (tertiary/aromatic N) is 3. The van der Waals surface area contributed by atoms with Gasteiger partial charge in [-0.05, 0) is 24.3 Å². The molecule has 0 rings (SSSR count). The van der Waals surface area contributed by atoms with Crippen LogP contribution in [0.3, 0.4) is 0 Å². The lowest BCUT2D eigenvalue weighted by Crippen LogP contribution is -2.07. The van der Waals surface area contributed by atoms with Gasteiger partial charge in [-0.25, -0.2) is 0 Å². The normalized spacial score (nSPS) is 10.3. The third kappa shape index (κ3) is 13.2. The molecule has 0 aromatic heterocycles. The summed E-state index contributed by atoms with van der Waals surface area (Å²) in [4.78, 5) is 2.62. The van der Waals surface area contributed by atoms with Crippen molar-refractivity contribution in [2.24, 2.45) is 11.0 Å². The third-order valence-corrected chi connectivity index (χ3v) is 1.84. The lowest BCUT2D eigenvalue weighted by molar-refractivity contribution is 0.0486. The Morgan fingerprint density at radius 3 is 2.40 bits per heavy atom. The number of ether oxygens (including phenoxy) is 2. The fourth-order valence-corrected chi connectivity index (χ4v) is 1.07. The van der Waals surface area contributed by atoms with Crippen molar-refractivity contribution in [1.29, 1.82) is 0 Å². The summed E-state index contributed by atoms with van der Waals surface area (Å²) in [5.74, 6) is 0.744. The van der Waals surface area contributed by atoms with E-state index >= 15 is 0 Å². The summed E-state index contributed by atoms with van der Waals surface area (Å²) in [6, 6.07) is 0. The molecule has 0 unspecified atom stereocenters. The molecule has 0 atom stereocenters. The molecule has 0 spiro atoms. The predicted octanol–water partition coefficient (Wildman–Crippen LogP) is 2.77. The molecule has 0 aliphatic carbocycles. The van der Waals surface area contributed by atoms with Crippen LogP contribution >= 0.6 is 0 Å². The molecule has 0 radical (unpaired) electrons. The van der Waals surface area contributed by atoms with Gasteiger partial charge >= 0.3 is 0 Å². The van der Waals surface area contributed by atoms with Gasteiger partial charge in [-0.15, -0.1) is 0 Å².